The van der Waals surface area contributed by atoms with Crippen molar-refractivity contribution in [1.29, 1.82) is 0 Å². The van der Waals surface area contributed by atoms with Crippen LogP contribution in [0.15, 0.2) is 83.0 Å². The van der Waals surface area contributed by atoms with E-state index in [-0.39, 0.29) is 54.3 Å². The first kappa shape index (κ1) is 59.0. The first-order valence-electron chi connectivity index (χ1n) is 26.1. The van der Waals surface area contributed by atoms with Crippen LogP contribution in [-0.4, -0.2) is 142 Å². The average molecular weight is 1010 g/mol. The molecule has 73 heavy (non-hydrogen) atoms. The summed E-state index contributed by atoms with van der Waals surface area (Å²) >= 11 is 0. The molecule has 0 bridgehead atoms. The highest BCUT2D eigenvalue weighted by atomic mass is 16.2. The van der Waals surface area contributed by atoms with E-state index in [2.05, 4.69) is 65.7 Å². The number of rotatable bonds is 19. The number of likely N-dealkylation sites (N-methyl/N-ethyl adjacent to an activating group) is 2. The minimum Gasteiger partial charge on any atom is -0.368 e. The van der Waals surface area contributed by atoms with Crippen LogP contribution >= 0.6 is 0 Å². The summed E-state index contributed by atoms with van der Waals surface area (Å²) in [5.41, 5.74) is 6.76. The van der Waals surface area contributed by atoms with Gasteiger partial charge in [-0.25, -0.2) is 4.68 Å². The summed E-state index contributed by atoms with van der Waals surface area (Å²) in [6.45, 7) is 8.82. The number of hydrazone groups is 1. The molecule has 9 atom stereocenters. The highest BCUT2D eigenvalue weighted by Crippen LogP contribution is 2.35. The van der Waals surface area contributed by atoms with E-state index < -0.39 is 24.2 Å². The van der Waals surface area contributed by atoms with Crippen molar-refractivity contribution in [3.63, 3.8) is 0 Å². The third kappa shape index (κ3) is 18.2. The van der Waals surface area contributed by atoms with Gasteiger partial charge in [-0.05, 0) is 97.7 Å². The largest absolute Gasteiger partial charge is 0.368 e. The predicted molar refractivity (Wildman–Crippen MR) is 284 cm³/mol. The Morgan fingerprint density at radius 3 is 2.11 bits per heavy atom. The first-order valence-corrected chi connectivity index (χ1v) is 26.1. The number of primary amides is 1. The van der Waals surface area contributed by atoms with Crippen LogP contribution in [-0.2, 0) is 28.8 Å². The van der Waals surface area contributed by atoms with Gasteiger partial charge in [0.1, 0.15) is 17.8 Å². The third-order valence-electron chi connectivity index (χ3n) is 14.0. The fourth-order valence-electron chi connectivity index (χ4n) is 9.14. The van der Waals surface area contributed by atoms with E-state index in [1.165, 1.54) is 12.8 Å². The number of amides is 6. The van der Waals surface area contributed by atoms with E-state index in [4.69, 9.17) is 11.6 Å². The number of nitrogens with one attached hydrogen (secondary N) is 5. The molecule has 4 heterocycles. The lowest BCUT2D eigenvalue weighted by molar-refractivity contribution is -0.144. The van der Waals surface area contributed by atoms with Crippen molar-refractivity contribution in [2.45, 2.75) is 172 Å². The first-order chi connectivity index (χ1) is 35.3. The molecule has 1 aromatic heterocycles. The topological polar surface area (TPSA) is 277 Å². The standard InChI is InChI=1S/C32H45N11O4.C11H21NO.C6H6.C4H10N2O/c1-20(34-2)30(45)38-25-11-7-6-10-23-12-14-28(43(23)32(25)47)31(46)36-17-22(39-33)16-35-24-13-15-27(24)42-18-26(40-41-42)29(37-19-44)21-8-4-3-5-9-21;1-3-5-8-11(13)12-9-6-7-10(12)4-2;1-2-4-6-5-3-1;1-3(6-2)4(5)7/h3-5,8-9,16,18-20,23-25,27-29,34H,6-7,10-15,17,33H2,1-2H3,(H,36,46)(H,37,44)(H,38,45);10H,3-9H2,1-2H3;1-6H;3,6H,1-2H3,(H2,5,7)/b35-16?,39-22+;;;/t20-,23?,24?,25?,27?,28?,29-;;;/m0.../s1. The predicted octanol–water partition coefficient (Wildman–Crippen LogP) is 3.69. The lowest BCUT2D eigenvalue weighted by atomic mass is 9.87. The molecule has 9 N–H and O–H groups in total. The normalized spacial score (nSPS) is 22.7. The van der Waals surface area contributed by atoms with Gasteiger partial charge in [-0.2, -0.15) is 5.10 Å². The number of likely N-dealkylation sites (tertiary alicyclic amines) is 1. The van der Waals surface area contributed by atoms with E-state index in [1.54, 1.807) is 43.7 Å². The number of nitrogens with zero attached hydrogens (tertiary/aromatic N) is 7. The van der Waals surface area contributed by atoms with Crippen molar-refractivity contribution in [3.8, 4) is 0 Å². The van der Waals surface area contributed by atoms with Crippen LogP contribution < -0.4 is 38.2 Å². The van der Waals surface area contributed by atoms with Crippen LogP contribution in [0.25, 0.3) is 0 Å². The monoisotopic (exact) mass is 1010 g/mol. The number of hydrogen-bond donors (Lipinski definition) is 7. The second kappa shape index (κ2) is 31.8. The fourth-order valence-corrected chi connectivity index (χ4v) is 9.14. The maximum atomic E-state index is 13.7. The summed E-state index contributed by atoms with van der Waals surface area (Å²) in [6, 6.07) is 19.6. The Labute approximate surface area is 431 Å². The molecule has 7 rings (SSSR count). The number of fused-ring (bicyclic) bond motifs is 1. The van der Waals surface area contributed by atoms with Crippen molar-refractivity contribution in [2.75, 3.05) is 27.2 Å². The van der Waals surface area contributed by atoms with Gasteiger partial charge in [0, 0.05) is 31.3 Å². The maximum Gasteiger partial charge on any atom is 0.246 e. The Bertz CT molecular complexity index is 2180. The highest BCUT2D eigenvalue weighted by molar-refractivity contribution is 6.32. The van der Waals surface area contributed by atoms with E-state index >= 15 is 0 Å². The molecule has 7 unspecified atom stereocenters. The van der Waals surface area contributed by atoms with E-state index in [1.807, 2.05) is 72.9 Å². The van der Waals surface area contributed by atoms with Crippen LogP contribution in [0.5, 0.6) is 0 Å². The van der Waals surface area contributed by atoms with E-state index in [9.17, 15) is 28.8 Å². The number of hydrogen-bond acceptors (Lipinski definition) is 13. The highest BCUT2D eigenvalue weighted by Gasteiger charge is 2.44. The Balaban J connectivity index is 0.000000359. The fraction of sp³-hybridized carbons (Fsp3) is 0.585. The molecule has 2 aromatic carbocycles. The number of aromatic nitrogens is 3. The van der Waals surface area contributed by atoms with Gasteiger partial charge in [-0.1, -0.05) is 105 Å². The molecule has 4 fully saturated rings. The Kier molecular flexibility index (Phi) is 25.7. The van der Waals surface area contributed by atoms with Crippen molar-refractivity contribution in [2.24, 2.45) is 21.7 Å². The molecular formula is C53H82N14O6. The van der Waals surface area contributed by atoms with Gasteiger partial charge < -0.3 is 48.0 Å². The Morgan fingerprint density at radius 1 is 0.863 bits per heavy atom. The maximum absolute atomic E-state index is 13.7. The number of aliphatic imine (C=N–C) groups is 1. The lowest BCUT2D eigenvalue weighted by Gasteiger charge is -2.35. The number of unbranched alkanes of at least 4 members (excludes halogenated alkanes) is 1. The average Bonchev–Trinajstić information content (AvgIpc) is 4.20. The third-order valence-corrected chi connectivity index (χ3v) is 14.0. The molecule has 400 valence electrons. The van der Waals surface area contributed by atoms with Gasteiger partial charge in [0.05, 0.1) is 48.7 Å². The van der Waals surface area contributed by atoms with E-state index in [0.29, 0.717) is 42.6 Å². The molecule has 3 aromatic rings. The molecular weight excluding hydrogens is 929 g/mol. The van der Waals surface area contributed by atoms with Gasteiger partial charge in [-0.3, -0.25) is 33.8 Å². The molecule has 3 aliphatic heterocycles. The van der Waals surface area contributed by atoms with Gasteiger partial charge in [0.15, 0.2) is 0 Å². The zero-order valence-corrected chi connectivity index (χ0v) is 43.8. The minimum absolute atomic E-state index is 0.0214. The number of carbonyl (C=O) groups is 6. The van der Waals surface area contributed by atoms with Crippen molar-refractivity contribution < 1.29 is 28.8 Å². The minimum atomic E-state index is -0.662. The van der Waals surface area contributed by atoms with Crippen LogP contribution in [0.2, 0.25) is 0 Å². The van der Waals surface area contributed by atoms with Crippen molar-refractivity contribution in [1.82, 2.24) is 51.4 Å². The van der Waals surface area contributed by atoms with Crippen molar-refractivity contribution in [3.05, 3.63) is 84.2 Å². The van der Waals surface area contributed by atoms with Gasteiger partial charge in [0.25, 0.3) is 0 Å². The van der Waals surface area contributed by atoms with Crippen LogP contribution in [0.3, 0.4) is 0 Å². The summed E-state index contributed by atoms with van der Waals surface area (Å²) < 4.78 is 1.77. The van der Waals surface area contributed by atoms with Gasteiger partial charge in [-0.15, -0.1) is 5.10 Å². The number of benzene rings is 2. The Hall–Kier alpha value is -6.54. The summed E-state index contributed by atoms with van der Waals surface area (Å²) in [4.78, 5) is 81.2. The summed E-state index contributed by atoms with van der Waals surface area (Å²) in [7, 11) is 3.38. The van der Waals surface area contributed by atoms with Gasteiger partial charge >= 0.3 is 0 Å². The molecule has 0 spiro atoms. The smallest absolute Gasteiger partial charge is 0.246 e. The summed E-state index contributed by atoms with van der Waals surface area (Å²) in [5, 5.41) is 26.7. The van der Waals surface area contributed by atoms with E-state index in [0.717, 1.165) is 76.3 Å². The van der Waals surface area contributed by atoms with Crippen LogP contribution in [0, 0.1) is 0 Å². The second-order valence-electron chi connectivity index (χ2n) is 18.9. The van der Waals surface area contributed by atoms with Crippen LogP contribution in [0.4, 0.5) is 0 Å². The summed E-state index contributed by atoms with van der Waals surface area (Å²) in [6.07, 6.45) is 16.7. The Morgan fingerprint density at radius 2 is 1.53 bits per heavy atom. The summed E-state index contributed by atoms with van der Waals surface area (Å²) in [5.74, 6) is 5.00. The molecule has 3 saturated heterocycles. The van der Waals surface area contributed by atoms with Crippen LogP contribution in [0.1, 0.15) is 141 Å². The lowest BCUT2D eigenvalue weighted by Crippen LogP contribution is -2.58. The molecule has 4 aliphatic rings. The molecule has 20 heteroatoms. The van der Waals surface area contributed by atoms with Crippen molar-refractivity contribution >= 4 is 47.9 Å². The quantitative estimate of drug-likeness (QED) is 0.0394. The zero-order chi connectivity index (χ0) is 53.1. The molecule has 1 aliphatic carbocycles. The zero-order valence-electron chi connectivity index (χ0n) is 43.8. The number of nitrogens with two attached hydrogens (primary N) is 2. The molecule has 1 saturated carbocycles. The SMILES string of the molecule is CCCCC(=O)N1CCCC1CC.CNC(C)C(N)=O.CN[C@@H](C)C(=O)NC1CCCCC2CCC(C(=O)NC/C(C=NC3CCC3n3cc([C@@H](NC=O)c4ccccc4)nn3)=N/N)N2C1=O.c1ccccc1. The molecule has 0 radical (unpaired) electrons. The van der Waals surface area contributed by atoms with Gasteiger partial charge in [0.2, 0.25) is 35.9 Å². The second-order valence-corrected chi connectivity index (χ2v) is 18.9. The molecule has 6 amide bonds. The molecule has 20 nitrogen and oxygen atoms in total. The number of carbonyl (C=O) groups excluding carboxylic acids is 6.